The second kappa shape index (κ2) is 12.5. The number of methoxy groups -OCH3 is 2. The molecule has 0 radical (unpaired) electrons. The molecule has 2 aromatic rings. The van der Waals surface area contributed by atoms with Gasteiger partial charge in [-0.2, -0.15) is 0 Å². The first-order chi connectivity index (χ1) is 15.4. The van der Waals surface area contributed by atoms with Gasteiger partial charge in [-0.15, -0.1) is 0 Å². The van der Waals surface area contributed by atoms with E-state index in [4.69, 9.17) is 31.2 Å². The highest BCUT2D eigenvalue weighted by Crippen LogP contribution is 2.27. The van der Waals surface area contributed by atoms with Crippen molar-refractivity contribution in [3.8, 4) is 11.5 Å². The third-order valence-corrected chi connectivity index (χ3v) is 4.61. The number of benzene rings is 2. The van der Waals surface area contributed by atoms with Crippen LogP contribution in [-0.4, -0.2) is 51.0 Å². The maximum absolute atomic E-state index is 12.2. The molecule has 0 aliphatic heterocycles. The highest BCUT2D eigenvalue weighted by molar-refractivity contribution is 7.80. The fraction of sp³-hybridized carbons (Fsp3) is 0.348. The van der Waals surface area contributed by atoms with Crippen LogP contribution in [0.25, 0.3) is 0 Å². The van der Waals surface area contributed by atoms with Crippen molar-refractivity contribution in [3.05, 3.63) is 53.1 Å². The Morgan fingerprint density at radius 2 is 1.47 bits per heavy atom. The molecule has 0 unspecified atom stereocenters. The lowest BCUT2D eigenvalue weighted by molar-refractivity contribution is 0.0525. The van der Waals surface area contributed by atoms with Crippen LogP contribution in [0, 0.1) is 0 Å². The highest BCUT2D eigenvalue weighted by Gasteiger charge is 2.15. The number of hydrogen-bond donors (Lipinski definition) is 2. The first kappa shape index (κ1) is 24.9. The van der Waals surface area contributed by atoms with E-state index in [0.29, 0.717) is 35.3 Å². The summed E-state index contributed by atoms with van der Waals surface area (Å²) < 4.78 is 20.7. The van der Waals surface area contributed by atoms with Crippen LogP contribution >= 0.6 is 12.2 Å². The van der Waals surface area contributed by atoms with E-state index in [2.05, 4.69) is 10.6 Å². The lowest BCUT2D eigenvalue weighted by atomic mass is 10.1. The van der Waals surface area contributed by atoms with Gasteiger partial charge in [0.1, 0.15) is 0 Å². The van der Waals surface area contributed by atoms with Crippen LogP contribution in [0.2, 0.25) is 0 Å². The van der Waals surface area contributed by atoms with E-state index < -0.39 is 11.9 Å². The van der Waals surface area contributed by atoms with E-state index in [1.54, 1.807) is 40.2 Å². The molecule has 32 heavy (non-hydrogen) atoms. The molecule has 0 fully saturated rings. The molecule has 9 heteroatoms. The molecule has 2 rings (SSSR count). The molecule has 2 aromatic carbocycles. The highest BCUT2D eigenvalue weighted by atomic mass is 32.1. The SMILES string of the molecule is CCOC(=O)c1cc(NC(=S)NCCc2ccc(OC)c(OC)c2)cc(C(=O)OCC)c1. The lowest BCUT2D eigenvalue weighted by Crippen LogP contribution is -2.30. The Kier molecular flexibility index (Phi) is 9.75. The average Bonchev–Trinajstić information content (AvgIpc) is 2.79. The molecule has 0 saturated carbocycles. The largest absolute Gasteiger partial charge is 0.493 e. The van der Waals surface area contributed by atoms with Gasteiger partial charge in [-0.1, -0.05) is 6.07 Å². The van der Waals surface area contributed by atoms with Gasteiger partial charge in [-0.05, 0) is 68.4 Å². The van der Waals surface area contributed by atoms with Crippen LogP contribution in [0.3, 0.4) is 0 Å². The van der Waals surface area contributed by atoms with E-state index in [1.165, 1.54) is 6.07 Å². The summed E-state index contributed by atoms with van der Waals surface area (Å²) in [6, 6.07) is 10.3. The van der Waals surface area contributed by atoms with Crippen LogP contribution in [0.4, 0.5) is 5.69 Å². The molecular formula is C23H28N2O6S. The number of nitrogens with one attached hydrogen (secondary N) is 2. The maximum Gasteiger partial charge on any atom is 0.338 e. The van der Waals surface area contributed by atoms with Crippen LogP contribution in [0.5, 0.6) is 11.5 Å². The van der Waals surface area contributed by atoms with E-state index >= 15 is 0 Å². The zero-order valence-corrected chi connectivity index (χ0v) is 19.5. The van der Waals surface area contributed by atoms with Gasteiger partial charge in [0.2, 0.25) is 0 Å². The third-order valence-electron chi connectivity index (χ3n) is 4.36. The number of carbonyl (C=O) groups is 2. The van der Waals surface area contributed by atoms with Gasteiger partial charge in [0.25, 0.3) is 0 Å². The summed E-state index contributed by atoms with van der Waals surface area (Å²) in [6.07, 6.45) is 0.694. The number of hydrogen-bond acceptors (Lipinski definition) is 7. The maximum atomic E-state index is 12.2. The first-order valence-electron chi connectivity index (χ1n) is 10.2. The van der Waals surface area contributed by atoms with Crippen molar-refractivity contribution in [2.75, 3.05) is 39.3 Å². The Balaban J connectivity index is 2.04. The summed E-state index contributed by atoms with van der Waals surface area (Å²) in [7, 11) is 3.18. The normalized spacial score (nSPS) is 10.1. The van der Waals surface area contributed by atoms with Gasteiger partial charge < -0.3 is 29.6 Å². The van der Waals surface area contributed by atoms with Crippen molar-refractivity contribution in [1.82, 2.24) is 5.32 Å². The zero-order valence-electron chi connectivity index (χ0n) is 18.7. The molecule has 0 aliphatic rings. The summed E-state index contributed by atoms with van der Waals surface area (Å²) in [5.41, 5.74) is 1.98. The van der Waals surface area contributed by atoms with Gasteiger partial charge in [-0.3, -0.25) is 0 Å². The van der Waals surface area contributed by atoms with E-state index in [-0.39, 0.29) is 24.3 Å². The number of anilines is 1. The fourth-order valence-corrected chi connectivity index (χ4v) is 3.12. The van der Waals surface area contributed by atoms with E-state index in [1.807, 2.05) is 18.2 Å². The minimum Gasteiger partial charge on any atom is -0.493 e. The van der Waals surface area contributed by atoms with Crippen molar-refractivity contribution in [2.45, 2.75) is 20.3 Å². The molecule has 172 valence electrons. The number of carbonyl (C=O) groups excluding carboxylic acids is 2. The van der Waals surface area contributed by atoms with Gasteiger partial charge in [0.05, 0.1) is 38.6 Å². The number of ether oxygens (including phenoxy) is 4. The second-order valence-corrected chi connectivity index (χ2v) is 6.97. The molecule has 0 saturated heterocycles. The fourth-order valence-electron chi connectivity index (χ4n) is 2.90. The standard InChI is InChI=1S/C23H28N2O6S/c1-5-30-21(26)16-12-17(22(27)31-6-2)14-18(13-16)25-23(32)24-10-9-15-7-8-19(28-3)20(11-15)29-4/h7-8,11-14H,5-6,9-10H2,1-4H3,(H2,24,25,32). The van der Waals surface area contributed by atoms with Crippen molar-refractivity contribution < 1.29 is 28.5 Å². The van der Waals surface area contributed by atoms with Crippen LogP contribution in [0.1, 0.15) is 40.1 Å². The minimum absolute atomic E-state index is 0.224. The second-order valence-electron chi connectivity index (χ2n) is 6.56. The lowest BCUT2D eigenvalue weighted by Gasteiger charge is -2.14. The quantitative estimate of drug-likeness (QED) is 0.407. The Labute approximate surface area is 193 Å². The van der Waals surface area contributed by atoms with Gasteiger partial charge in [-0.25, -0.2) is 9.59 Å². The molecule has 0 aliphatic carbocycles. The monoisotopic (exact) mass is 460 g/mol. The van der Waals surface area contributed by atoms with Crippen molar-refractivity contribution in [2.24, 2.45) is 0 Å². The number of rotatable bonds is 10. The molecule has 0 atom stereocenters. The molecule has 2 N–H and O–H groups in total. The summed E-state index contributed by atoms with van der Waals surface area (Å²) in [4.78, 5) is 24.3. The smallest absolute Gasteiger partial charge is 0.338 e. The van der Waals surface area contributed by atoms with Crippen LogP contribution in [0.15, 0.2) is 36.4 Å². The molecule has 0 aromatic heterocycles. The summed E-state index contributed by atoms with van der Waals surface area (Å²) in [5.74, 6) is 0.260. The minimum atomic E-state index is -0.533. The Hall–Kier alpha value is -3.33. The first-order valence-corrected chi connectivity index (χ1v) is 10.6. The number of thiocarbonyl (C=S) groups is 1. The molecule has 0 amide bonds. The predicted molar refractivity (Wildman–Crippen MR) is 126 cm³/mol. The van der Waals surface area contributed by atoms with Crippen molar-refractivity contribution >= 4 is 35.0 Å². The Morgan fingerprint density at radius 3 is 2.00 bits per heavy atom. The average molecular weight is 461 g/mol. The predicted octanol–water partition coefficient (Wildman–Crippen LogP) is 3.59. The van der Waals surface area contributed by atoms with E-state index in [9.17, 15) is 9.59 Å². The van der Waals surface area contributed by atoms with Crippen LogP contribution in [-0.2, 0) is 15.9 Å². The number of esters is 2. The molecule has 0 heterocycles. The summed E-state index contributed by atoms with van der Waals surface area (Å²) in [6.45, 7) is 4.43. The molecule has 0 spiro atoms. The van der Waals surface area contributed by atoms with E-state index in [0.717, 1.165) is 5.56 Å². The summed E-state index contributed by atoms with van der Waals surface area (Å²) >= 11 is 5.36. The Morgan fingerprint density at radius 1 is 0.875 bits per heavy atom. The summed E-state index contributed by atoms with van der Waals surface area (Å²) in [5, 5.41) is 6.46. The molecule has 8 nitrogen and oxygen atoms in total. The Bertz CT molecular complexity index is 927. The van der Waals surface area contributed by atoms with Gasteiger partial charge in [0, 0.05) is 12.2 Å². The molecule has 0 bridgehead atoms. The zero-order chi connectivity index (χ0) is 23.5. The van der Waals surface area contributed by atoms with Gasteiger partial charge in [0.15, 0.2) is 16.6 Å². The third kappa shape index (κ3) is 7.12. The van der Waals surface area contributed by atoms with Crippen LogP contribution < -0.4 is 20.1 Å². The van der Waals surface area contributed by atoms with Crippen molar-refractivity contribution in [3.63, 3.8) is 0 Å². The van der Waals surface area contributed by atoms with Crippen molar-refractivity contribution in [1.29, 1.82) is 0 Å². The van der Waals surface area contributed by atoms with Gasteiger partial charge >= 0.3 is 11.9 Å². The topological polar surface area (TPSA) is 95.1 Å². The molecular weight excluding hydrogens is 432 g/mol.